The van der Waals surface area contributed by atoms with Crippen molar-refractivity contribution in [3.63, 3.8) is 0 Å². The second-order valence-corrected chi connectivity index (χ2v) is 7.85. The smallest absolute Gasteiger partial charge is 0.416 e. The second-order valence-electron chi connectivity index (χ2n) is 7.85. The van der Waals surface area contributed by atoms with Gasteiger partial charge in [-0.05, 0) is 41.7 Å². The largest absolute Gasteiger partial charge is 0.505 e. The average Bonchev–Trinajstić information content (AvgIpc) is 3.01. The van der Waals surface area contributed by atoms with E-state index >= 15 is 0 Å². The molecule has 2 aromatic carbocycles. The van der Waals surface area contributed by atoms with Gasteiger partial charge in [-0.3, -0.25) is 4.79 Å². The Kier molecular flexibility index (Phi) is 5.02. The third-order valence-electron chi connectivity index (χ3n) is 4.51. The molecule has 0 saturated carbocycles. The summed E-state index contributed by atoms with van der Waals surface area (Å²) in [5, 5.41) is 28.0. The number of phenolic OH excluding ortho intramolecular Hbond substituents is 1. The van der Waals surface area contributed by atoms with Crippen LogP contribution in [0.5, 0.6) is 5.75 Å². The summed E-state index contributed by atoms with van der Waals surface area (Å²) in [5.74, 6) is -1.06. The highest BCUT2D eigenvalue weighted by molar-refractivity contribution is 5.75. The van der Waals surface area contributed by atoms with Crippen molar-refractivity contribution in [2.75, 3.05) is 0 Å². The Morgan fingerprint density at radius 2 is 1.72 bits per heavy atom. The minimum Gasteiger partial charge on any atom is -0.505 e. The Morgan fingerprint density at radius 3 is 2.31 bits per heavy atom. The standard InChI is InChI=1S/C20H20F3N3O3/c1-19(2,3)13-8-11(4-7-17(27)28)9-16(18(13)29)26-24-14-6-5-12(20(21,22)23)10-15(14)25-26/h5-6,8-10,29H,4,7H2,1-3H3,(H,27,28). The van der Waals surface area contributed by atoms with Crippen LogP contribution < -0.4 is 0 Å². The van der Waals surface area contributed by atoms with Gasteiger partial charge in [0.15, 0.2) is 0 Å². The summed E-state index contributed by atoms with van der Waals surface area (Å²) >= 11 is 0. The van der Waals surface area contributed by atoms with Gasteiger partial charge in [-0.2, -0.15) is 13.2 Å². The van der Waals surface area contributed by atoms with E-state index in [0.717, 1.165) is 16.9 Å². The van der Waals surface area contributed by atoms with Crippen LogP contribution in [0.2, 0.25) is 0 Å². The van der Waals surface area contributed by atoms with E-state index in [4.69, 9.17) is 5.11 Å². The number of benzene rings is 2. The van der Waals surface area contributed by atoms with E-state index in [1.807, 2.05) is 20.8 Å². The Balaban J connectivity index is 2.15. The zero-order chi connectivity index (χ0) is 21.6. The maximum absolute atomic E-state index is 13.0. The van der Waals surface area contributed by atoms with Crippen molar-refractivity contribution in [2.24, 2.45) is 0 Å². The first-order valence-electron chi connectivity index (χ1n) is 8.89. The Morgan fingerprint density at radius 1 is 1.07 bits per heavy atom. The van der Waals surface area contributed by atoms with E-state index in [-0.39, 0.29) is 35.3 Å². The number of aryl methyl sites for hydroxylation is 1. The molecule has 0 unspecified atom stereocenters. The lowest BCUT2D eigenvalue weighted by atomic mass is 9.84. The Bertz CT molecular complexity index is 1080. The molecular weight excluding hydrogens is 387 g/mol. The van der Waals surface area contributed by atoms with Crippen molar-refractivity contribution in [3.8, 4) is 11.4 Å². The fourth-order valence-corrected chi connectivity index (χ4v) is 3.00. The topological polar surface area (TPSA) is 88.2 Å². The van der Waals surface area contributed by atoms with Crippen LogP contribution in [0.3, 0.4) is 0 Å². The summed E-state index contributed by atoms with van der Waals surface area (Å²) < 4.78 is 38.9. The molecule has 0 radical (unpaired) electrons. The molecule has 3 aromatic rings. The molecule has 1 aromatic heterocycles. The lowest BCUT2D eigenvalue weighted by Crippen LogP contribution is -2.14. The molecule has 0 aliphatic rings. The molecule has 0 atom stereocenters. The number of carboxylic acids is 1. The van der Waals surface area contributed by atoms with Crippen LogP contribution in [-0.2, 0) is 22.8 Å². The first-order chi connectivity index (χ1) is 13.4. The van der Waals surface area contributed by atoms with Crippen molar-refractivity contribution in [1.29, 1.82) is 0 Å². The first-order valence-corrected chi connectivity index (χ1v) is 8.89. The van der Waals surface area contributed by atoms with Gasteiger partial charge >= 0.3 is 12.1 Å². The normalized spacial score (nSPS) is 12.5. The van der Waals surface area contributed by atoms with Crippen LogP contribution in [-0.4, -0.2) is 31.2 Å². The molecule has 0 bridgehead atoms. The van der Waals surface area contributed by atoms with Crippen LogP contribution in [0.4, 0.5) is 13.2 Å². The zero-order valence-corrected chi connectivity index (χ0v) is 16.1. The predicted octanol–water partition coefficient (Wildman–Crippen LogP) is 4.46. The van der Waals surface area contributed by atoms with Crippen molar-refractivity contribution in [3.05, 3.63) is 47.0 Å². The summed E-state index contributed by atoms with van der Waals surface area (Å²) in [7, 11) is 0. The number of carbonyl (C=O) groups is 1. The summed E-state index contributed by atoms with van der Waals surface area (Å²) in [4.78, 5) is 12.0. The molecule has 1 heterocycles. The summed E-state index contributed by atoms with van der Waals surface area (Å²) in [6, 6.07) is 6.32. The average molecular weight is 407 g/mol. The number of nitrogens with zero attached hydrogens (tertiary/aromatic N) is 3. The van der Waals surface area contributed by atoms with E-state index in [2.05, 4.69) is 10.2 Å². The summed E-state index contributed by atoms with van der Waals surface area (Å²) in [5.41, 5.74) is 0.372. The number of carboxylic acid groups (broad SMARTS) is 1. The van der Waals surface area contributed by atoms with Gasteiger partial charge in [0.2, 0.25) is 0 Å². The lowest BCUT2D eigenvalue weighted by Gasteiger charge is -2.23. The minimum atomic E-state index is -4.50. The highest BCUT2D eigenvalue weighted by Gasteiger charge is 2.31. The van der Waals surface area contributed by atoms with Crippen LogP contribution in [0, 0.1) is 0 Å². The molecule has 0 spiro atoms. The number of hydrogen-bond acceptors (Lipinski definition) is 4. The van der Waals surface area contributed by atoms with Crippen LogP contribution in [0.25, 0.3) is 16.7 Å². The third-order valence-corrected chi connectivity index (χ3v) is 4.51. The van der Waals surface area contributed by atoms with Gasteiger partial charge in [-0.1, -0.05) is 26.8 Å². The number of aliphatic carboxylic acids is 1. The van der Waals surface area contributed by atoms with E-state index in [9.17, 15) is 23.1 Å². The zero-order valence-electron chi connectivity index (χ0n) is 16.1. The number of halogens is 3. The molecule has 0 saturated heterocycles. The number of phenols is 1. The van der Waals surface area contributed by atoms with Crippen LogP contribution in [0.1, 0.15) is 43.9 Å². The quantitative estimate of drug-likeness (QED) is 0.667. The summed E-state index contributed by atoms with van der Waals surface area (Å²) in [6.45, 7) is 5.65. The molecule has 0 fully saturated rings. The van der Waals surface area contributed by atoms with Crippen molar-refractivity contribution in [2.45, 2.75) is 45.2 Å². The molecule has 0 aliphatic heterocycles. The van der Waals surface area contributed by atoms with Crippen LogP contribution in [0.15, 0.2) is 30.3 Å². The third kappa shape index (κ3) is 4.33. The van der Waals surface area contributed by atoms with E-state index < -0.39 is 23.1 Å². The molecule has 6 nitrogen and oxygen atoms in total. The minimum absolute atomic E-state index is 0.0347. The number of hydrogen-bond donors (Lipinski definition) is 2. The van der Waals surface area contributed by atoms with E-state index in [1.54, 1.807) is 12.1 Å². The van der Waals surface area contributed by atoms with Gasteiger partial charge in [0.1, 0.15) is 22.5 Å². The number of aromatic nitrogens is 3. The molecular formula is C20H20F3N3O3. The monoisotopic (exact) mass is 407 g/mol. The van der Waals surface area contributed by atoms with Crippen molar-refractivity contribution in [1.82, 2.24) is 15.0 Å². The lowest BCUT2D eigenvalue weighted by molar-refractivity contribution is -0.138. The molecule has 0 amide bonds. The molecule has 29 heavy (non-hydrogen) atoms. The van der Waals surface area contributed by atoms with Gasteiger partial charge < -0.3 is 10.2 Å². The van der Waals surface area contributed by atoms with E-state index in [0.29, 0.717) is 11.1 Å². The van der Waals surface area contributed by atoms with Gasteiger partial charge in [-0.25, -0.2) is 0 Å². The molecule has 3 rings (SSSR count). The number of aromatic hydroxyl groups is 1. The molecule has 2 N–H and O–H groups in total. The molecule has 0 aliphatic carbocycles. The van der Waals surface area contributed by atoms with Gasteiger partial charge in [-0.15, -0.1) is 15.0 Å². The van der Waals surface area contributed by atoms with Crippen LogP contribution >= 0.6 is 0 Å². The Hall–Kier alpha value is -3.10. The highest BCUT2D eigenvalue weighted by atomic mass is 19.4. The highest BCUT2D eigenvalue weighted by Crippen LogP contribution is 2.37. The maximum atomic E-state index is 13.0. The molecule has 154 valence electrons. The summed E-state index contributed by atoms with van der Waals surface area (Å²) in [6.07, 6.45) is -4.38. The SMILES string of the molecule is CC(C)(C)c1cc(CCC(=O)O)cc(-n2nc3ccc(C(F)(F)F)cc3n2)c1O. The number of alkyl halides is 3. The van der Waals surface area contributed by atoms with Gasteiger partial charge in [0.25, 0.3) is 0 Å². The Labute approximate surface area is 164 Å². The number of rotatable bonds is 4. The van der Waals surface area contributed by atoms with Gasteiger partial charge in [0.05, 0.1) is 5.56 Å². The fourth-order valence-electron chi connectivity index (χ4n) is 3.00. The van der Waals surface area contributed by atoms with Crippen molar-refractivity contribution < 1.29 is 28.2 Å². The first kappa shape index (κ1) is 20.6. The van der Waals surface area contributed by atoms with E-state index in [1.165, 1.54) is 6.07 Å². The van der Waals surface area contributed by atoms with Gasteiger partial charge in [0, 0.05) is 12.0 Å². The fraction of sp³-hybridized carbons (Fsp3) is 0.350. The predicted molar refractivity (Wildman–Crippen MR) is 100 cm³/mol. The molecule has 9 heteroatoms. The maximum Gasteiger partial charge on any atom is 0.416 e. The van der Waals surface area contributed by atoms with Crippen molar-refractivity contribution >= 4 is 17.0 Å². The number of fused-ring (bicyclic) bond motifs is 1. The second kappa shape index (κ2) is 7.06.